The maximum Gasteiger partial charge on any atom is 0.0672 e. The van der Waals surface area contributed by atoms with Crippen LogP contribution in [0.2, 0.25) is 0 Å². The molecule has 0 aliphatic carbocycles. The van der Waals surface area contributed by atoms with E-state index >= 15 is 0 Å². The highest BCUT2D eigenvalue weighted by Crippen LogP contribution is 2.24. The molecule has 4 heteroatoms. The van der Waals surface area contributed by atoms with E-state index in [-0.39, 0.29) is 0 Å². The Labute approximate surface area is 123 Å². The van der Waals surface area contributed by atoms with Crippen LogP contribution in [0.4, 0.5) is 0 Å². The summed E-state index contributed by atoms with van der Waals surface area (Å²) < 4.78 is 7.34. The zero-order valence-corrected chi connectivity index (χ0v) is 13.8. The monoisotopic (exact) mass is 281 g/mol. The molecule has 0 spiro atoms. The predicted molar refractivity (Wildman–Crippen MR) is 84.2 cm³/mol. The van der Waals surface area contributed by atoms with Crippen LogP contribution < -0.4 is 5.32 Å². The average Bonchev–Trinajstić information content (AvgIpc) is 2.81. The molecule has 1 N–H and O–H groups in total. The van der Waals surface area contributed by atoms with Crippen molar-refractivity contribution in [1.29, 1.82) is 0 Å². The van der Waals surface area contributed by atoms with Crippen molar-refractivity contribution in [3.63, 3.8) is 0 Å². The number of ether oxygens (including phenoxy) is 1. The average molecular weight is 281 g/mol. The normalized spacial score (nSPS) is 12.8. The summed E-state index contributed by atoms with van der Waals surface area (Å²) in [6.07, 6.45) is 4.27. The van der Waals surface area contributed by atoms with E-state index in [2.05, 4.69) is 37.7 Å². The van der Waals surface area contributed by atoms with Crippen molar-refractivity contribution >= 4 is 0 Å². The van der Waals surface area contributed by atoms with Crippen LogP contribution in [-0.2, 0) is 24.1 Å². The van der Waals surface area contributed by atoms with Gasteiger partial charge in [-0.3, -0.25) is 4.68 Å². The van der Waals surface area contributed by atoms with E-state index in [1.165, 1.54) is 17.0 Å². The van der Waals surface area contributed by atoms with E-state index in [1.54, 1.807) is 7.11 Å². The summed E-state index contributed by atoms with van der Waals surface area (Å²) in [6, 6.07) is 0.387. The maximum atomic E-state index is 5.12. The van der Waals surface area contributed by atoms with Gasteiger partial charge in [0.15, 0.2) is 0 Å². The highest BCUT2D eigenvalue weighted by atomic mass is 16.5. The molecule has 0 fully saturated rings. The fraction of sp³-hybridized carbons (Fsp3) is 0.812. The summed E-state index contributed by atoms with van der Waals surface area (Å²) in [6.45, 7) is 11.6. The van der Waals surface area contributed by atoms with Gasteiger partial charge in [0.05, 0.1) is 5.69 Å². The molecule has 1 rings (SSSR count). The molecule has 1 heterocycles. The first-order chi connectivity index (χ1) is 9.69. The van der Waals surface area contributed by atoms with E-state index in [4.69, 9.17) is 9.84 Å². The third-order valence-electron chi connectivity index (χ3n) is 3.76. The van der Waals surface area contributed by atoms with Gasteiger partial charge in [-0.25, -0.2) is 0 Å². The van der Waals surface area contributed by atoms with Crippen molar-refractivity contribution in [3.8, 4) is 0 Å². The highest BCUT2D eigenvalue weighted by molar-refractivity contribution is 5.30. The zero-order chi connectivity index (χ0) is 15.0. The van der Waals surface area contributed by atoms with E-state index in [1.807, 2.05) is 0 Å². The molecule has 1 unspecified atom stereocenters. The van der Waals surface area contributed by atoms with Crippen LogP contribution in [0.1, 0.15) is 63.5 Å². The minimum Gasteiger partial charge on any atom is -0.385 e. The number of nitrogens with one attached hydrogen (secondary N) is 1. The van der Waals surface area contributed by atoms with Crippen molar-refractivity contribution in [1.82, 2.24) is 15.1 Å². The van der Waals surface area contributed by atoms with Gasteiger partial charge in [0.2, 0.25) is 0 Å². The summed E-state index contributed by atoms with van der Waals surface area (Å²) in [4.78, 5) is 0. The van der Waals surface area contributed by atoms with Gasteiger partial charge < -0.3 is 10.1 Å². The second-order valence-electron chi connectivity index (χ2n) is 5.22. The number of aromatic nitrogens is 2. The standard InChI is InChI=1S/C16H31N3O/c1-6-14-16(13(4)17-8-3)15(7-2)19(18-14)11-9-10-12-20-5/h13,17H,6-12H2,1-5H3. The molecule has 20 heavy (non-hydrogen) atoms. The molecule has 0 radical (unpaired) electrons. The van der Waals surface area contributed by atoms with Crippen LogP contribution in [0.25, 0.3) is 0 Å². The minimum atomic E-state index is 0.387. The smallest absolute Gasteiger partial charge is 0.0672 e. The Hall–Kier alpha value is -0.870. The third kappa shape index (κ3) is 4.32. The maximum absolute atomic E-state index is 5.12. The Bertz CT molecular complexity index is 387. The second-order valence-corrected chi connectivity index (χ2v) is 5.22. The molecule has 116 valence electrons. The Morgan fingerprint density at radius 3 is 2.50 bits per heavy atom. The zero-order valence-electron chi connectivity index (χ0n) is 13.8. The van der Waals surface area contributed by atoms with Crippen molar-refractivity contribution in [3.05, 3.63) is 17.0 Å². The largest absolute Gasteiger partial charge is 0.385 e. The van der Waals surface area contributed by atoms with Gasteiger partial charge in [0, 0.05) is 37.6 Å². The molecule has 0 aromatic carbocycles. The van der Waals surface area contributed by atoms with E-state index in [0.29, 0.717) is 6.04 Å². The van der Waals surface area contributed by atoms with Gasteiger partial charge in [-0.2, -0.15) is 5.10 Å². The first-order valence-corrected chi connectivity index (χ1v) is 8.00. The molecule has 0 saturated carbocycles. The number of unbranched alkanes of at least 4 members (excludes halogenated alkanes) is 1. The molecule has 0 aliphatic rings. The van der Waals surface area contributed by atoms with E-state index in [9.17, 15) is 0 Å². The van der Waals surface area contributed by atoms with Crippen LogP contribution in [-0.4, -0.2) is 30.0 Å². The summed E-state index contributed by atoms with van der Waals surface area (Å²) in [5.41, 5.74) is 4.07. The fourth-order valence-corrected chi connectivity index (χ4v) is 2.80. The quantitative estimate of drug-likeness (QED) is 0.670. The van der Waals surface area contributed by atoms with Gasteiger partial charge >= 0.3 is 0 Å². The van der Waals surface area contributed by atoms with Gasteiger partial charge in [-0.15, -0.1) is 0 Å². The number of methoxy groups -OCH3 is 1. The van der Waals surface area contributed by atoms with Crippen LogP contribution >= 0.6 is 0 Å². The first-order valence-electron chi connectivity index (χ1n) is 8.00. The number of aryl methyl sites for hydroxylation is 2. The van der Waals surface area contributed by atoms with Crippen molar-refractivity contribution in [2.45, 2.75) is 66.0 Å². The van der Waals surface area contributed by atoms with E-state index in [0.717, 1.165) is 45.4 Å². The minimum absolute atomic E-state index is 0.387. The molecular formula is C16H31N3O. The third-order valence-corrected chi connectivity index (χ3v) is 3.76. The highest BCUT2D eigenvalue weighted by Gasteiger charge is 2.19. The molecule has 4 nitrogen and oxygen atoms in total. The fourth-order valence-electron chi connectivity index (χ4n) is 2.80. The lowest BCUT2D eigenvalue weighted by atomic mass is 10.0. The molecule has 1 aromatic heterocycles. The van der Waals surface area contributed by atoms with Crippen LogP contribution in [0.15, 0.2) is 0 Å². The Kier molecular flexibility index (Phi) is 7.85. The number of hydrogen-bond donors (Lipinski definition) is 1. The van der Waals surface area contributed by atoms with Crippen LogP contribution in [0.5, 0.6) is 0 Å². The topological polar surface area (TPSA) is 39.1 Å². The Balaban J connectivity index is 2.89. The Morgan fingerprint density at radius 1 is 1.20 bits per heavy atom. The Morgan fingerprint density at radius 2 is 1.95 bits per heavy atom. The molecule has 0 amide bonds. The lowest BCUT2D eigenvalue weighted by Gasteiger charge is -2.15. The van der Waals surface area contributed by atoms with Gasteiger partial charge in [0.25, 0.3) is 0 Å². The first kappa shape index (κ1) is 17.2. The van der Waals surface area contributed by atoms with Gasteiger partial charge in [-0.1, -0.05) is 20.8 Å². The van der Waals surface area contributed by atoms with Crippen LogP contribution in [0, 0.1) is 0 Å². The second kappa shape index (κ2) is 9.14. The molecule has 0 aliphatic heterocycles. The summed E-state index contributed by atoms with van der Waals surface area (Å²) in [7, 11) is 1.76. The molecule has 0 saturated heterocycles. The summed E-state index contributed by atoms with van der Waals surface area (Å²) in [5, 5.41) is 8.36. The SMILES string of the molecule is CCNC(C)c1c(CC)nn(CCCCOC)c1CC. The van der Waals surface area contributed by atoms with Gasteiger partial charge in [-0.05, 0) is 39.2 Å². The number of rotatable bonds is 10. The predicted octanol–water partition coefficient (Wildman–Crippen LogP) is 3.11. The summed E-state index contributed by atoms with van der Waals surface area (Å²) in [5.74, 6) is 0. The van der Waals surface area contributed by atoms with Crippen LogP contribution in [0.3, 0.4) is 0 Å². The summed E-state index contributed by atoms with van der Waals surface area (Å²) >= 11 is 0. The van der Waals surface area contributed by atoms with Gasteiger partial charge in [0.1, 0.15) is 0 Å². The lowest BCUT2D eigenvalue weighted by molar-refractivity contribution is 0.190. The van der Waals surface area contributed by atoms with Crippen molar-refractivity contribution in [2.75, 3.05) is 20.3 Å². The molecular weight excluding hydrogens is 250 g/mol. The van der Waals surface area contributed by atoms with E-state index < -0.39 is 0 Å². The number of hydrogen-bond acceptors (Lipinski definition) is 3. The van der Waals surface area contributed by atoms with Crippen molar-refractivity contribution in [2.24, 2.45) is 0 Å². The lowest BCUT2D eigenvalue weighted by Crippen LogP contribution is -2.20. The molecule has 1 atom stereocenters. The molecule has 1 aromatic rings. The van der Waals surface area contributed by atoms with Crippen molar-refractivity contribution < 1.29 is 4.74 Å². The number of nitrogens with zero attached hydrogens (tertiary/aromatic N) is 2. The molecule has 0 bridgehead atoms.